The van der Waals surface area contributed by atoms with Gasteiger partial charge in [-0.1, -0.05) is 0 Å². The van der Waals surface area contributed by atoms with Crippen LogP contribution in [0.2, 0.25) is 0 Å². The number of hydrogen-bond acceptors (Lipinski definition) is 4. The maximum absolute atomic E-state index is 11.8. The molecule has 19 heavy (non-hydrogen) atoms. The zero-order valence-corrected chi connectivity index (χ0v) is 11.2. The summed E-state index contributed by atoms with van der Waals surface area (Å²) in [5.41, 5.74) is 0. The number of aliphatic hydroxyl groups is 1. The second-order valence-electron chi connectivity index (χ2n) is 4.72. The first-order chi connectivity index (χ1) is 9.04. The van der Waals surface area contributed by atoms with Crippen LogP contribution in [0.3, 0.4) is 0 Å². The Balaban J connectivity index is 2.39. The zero-order valence-electron chi connectivity index (χ0n) is 11.2. The van der Waals surface area contributed by atoms with Crippen molar-refractivity contribution in [3.63, 3.8) is 0 Å². The van der Waals surface area contributed by atoms with Crippen LogP contribution in [0.4, 0.5) is 4.79 Å². The van der Waals surface area contributed by atoms with Crippen LogP contribution in [0.1, 0.15) is 25.7 Å². The van der Waals surface area contributed by atoms with Crippen molar-refractivity contribution in [2.24, 2.45) is 0 Å². The van der Waals surface area contributed by atoms with Gasteiger partial charge in [-0.15, -0.1) is 0 Å². The smallest absolute Gasteiger partial charge is 0.326 e. The molecule has 1 aliphatic rings. The van der Waals surface area contributed by atoms with Gasteiger partial charge in [-0.05, 0) is 19.3 Å². The third kappa shape index (κ3) is 5.44. The van der Waals surface area contributed by atoms with E-state index in [-0.39, 0.29) is 19.1 Å². The minimum absolute atomic E-state index is 0.00512. The Labute approximate surface area is 112 Å². The molecular formula is C12H22N2O5. The fourth-order valence-corrected chi connectivity index (χ4v) is 1.99. The number of carboxylic acids is 1. The number of urea groups is 1. The second-order valence-corrected chi connectivity index (χ2v) is 4.72. The minimum Gasteiger partial charge on any atom is -0.480 e. The Morgan fingerprint density at radius 1 is 1.47 bits per heavy atom. The van der Waals surface area contributed by atoms with E-state index in [4.69, 9.17) is 14.9 Å². The molecule has 1 heterocycles. The van der Waals surface area contributed by atoms with Crippen molar-refractivity contribution in [3.05, 3.63) is 0 Å². The highest BCUT2D eigenvalue weighted by molar-refractivity contribution is 5.82. The standard InChI is InChI=1S/C12H22N2O5/c1-14(8-9-4-2-3-7-19-9)12(18)13-10(5-6-15)11(16)17/h9-10,15H,2-8H2,1H3,(H,13,18)(H,16,17). The van der Waals surface area contributed by atoms with Gasteiger partial charge in [0.1, 0.15) is 6.04 Å². The van der Waals surface area contributed by atoms with E-state index >= 15 is 0 Å². The summed E-state index contributed by atoms with van der Waals surface area (Å²) in [5.74, 6) is -1.15. The predicted octanol–water partition coefficient (Wildman–Crippen LogP) is 0.0325. The largest absolute Gasteiger partial charge is 0.480 e. The number of ether oxygens (including phenoxy) is 1. The Morgan fingerprint density at radius 3 is 2.74 bits per heavy atom. The van der Waals surface area contributed by atoms with Crippen LogP contribution < -0.4 is 5.32 Å². The van der Waals surface area contributed by atoms with Gasteiger partial charge in [0.2, 0.25) is 0 Å². The van der Waals surface area contributed by atoms with Crippen molar-refractivity contribution in [2.75, 3.05) is 26.8 Å². The first-order valence-electron chi connectivity index (χ1n) is 6.51. The Hall–Kier alpha value is -1.34. The topological polar surface area (TPSA) is 99.1 Å². The minimum atomic E-state index is -1.15. The molecule has 0 aromatic rings. The number of rotatable bonds is 6. The fourth-order valence-electron chi connectivity index (χ4n) is 1.99. The van der Waals surface area contributed by atoms with Gasteiger partial charge in [0.25, 0.3) is 0 Å². The highest BCUT2D eigenvalue weighted by atomic mass is 16.5. The van der Waals surface area contributed by atoms with Crippen molar-refractivity contribution in [1.29, 1.82) is 0 Å². The molecule has 0 aliphatic carbocycles. The van der Waals surface area contributed by atoms with Crippen LogP contribution in [-0.2, 0) is 9.53 Å². The fraction of sp³-hybridized carbons (Fsp3) is 0.833. The maximum atomic E-state index is 11.8. The van der Waals surface area contributed by atoms with Crippen LogP contribution in [0.25, 0.3) is 0 Å². The SMILES string of the molecule is CN(CC1CCCCO1)C(=O)NC(CCO)C(=O)O. The summed E-state index contributed by atoms with van der Waals surface area (Å²) in [6.45, 7) is 0.867. The molecule has 0 bridgehead atoms. The number of likely N-dealkylation sites (N-methyl/N-ethyl adjacent to an activating group) is 1. The van der Waals surface area contributed by atoms with Crippen LogP contribution >= 0.6 is 0 Å². The van der Waals surface area contributed by atoms with Gasteiger partial charge in [0.05, 0.1) is 6.10 Å². The van der Waals surface area contributed by atoms with Gasteiger partial charge in [-0.25, -0.2) is 9.59 Å². The molecule has 1 saturated heterocycles. The molecule has 2 amide bonds. The van der Waals surface area contributed by atoms with Gasteiger partial charge in [-0.2, -0.15) is 0 Å². The van der Waals surface area contributed by atoms with Gasteiger partial charge in [-0.3, -0.25) is 0 Å². The van der Waals surface area contributed by atoms with Gasteiger partial charge >= 0.3 is 12.0 Å². The van der Waals surface area contributed by atoms with Crippen molar-refractivity contribution in [2.45, 2.75) is 37.8 Å². The molecule has 3 N–H and O–H groups in total. The van der Waals surface area contributed by atoms with E-state index in [0.29, 0.717) is 13.2 Å². The molecule has 2 atom stereocenters. The Morgan fingerprint density at radius 2 is 2.21 bits per heavy atom. The van der Waals surface area contributed by atoms with Crippen molar-refractivity contribution in [3.8, 4) is 0 Å². The highest BCUT2D eigenvalue weighted by Gasteiger charge is 2.23. The lowest BCUT2D eigenvalue weighted by Crippen LogP contribution is -2.49. The summed E-state index contributed by atoms with van der Waals surface area (Å²) in [4.78, 5) is 24.1. The van der Waals surface area contributed by atoms with Gasteiger partial charge in [0, 0.05) is 33.2 Å². The molecular weight excluding hydrogens is 252 g/mol. The van der Waals surface area contributed by atoms with Crippen LogP contribution in [-0.4, -0.2) is 66.1 Å². The number of nitrogens with one attached hydrogen (secondary N) is 1. The molecule has 1 aliphatic heterocycles. The van der Waals surface area contributed by atoms with E-state index in [9.17, 15) is 9.59 Å². The van der Waals surface area contributed by atoms with Gasteiger partial charge < -0.3 is 25.2 Å². The summed E-state index contributed by atoms with van der Waals surface area (Å²) in [6, 6.07) is -1.53. The molecule has 2 unspecified atom stereocenters. The monoisotopic (exact) mass is 274 g/mol. The number of carbonyl (C=O) groups is 2. The summed E-state index contributed by atoms with van der Waals surface area (Å²) in [5, 5.41) is 20.0. The van der Waals surface area contributed by atoms with E-state index in [1.54, 1.807) is 7.05 Å². The van der Waals surface area contributed by atoms with Crippen molar-refractivity contribution in [1.82, 2.24) is 10.2 Å². The third-order valence-electron chi connectivity index (χ3n) is 3.11. The molecule has 1 rings (SSSR count). The molecule has 110 valence electrons. The highest BCUT2D eigenvalue weighted by Crippen LogP contribution is 2.13. The number of amides is 2. The van der Waals surface area contributed by atoms with Crippen LogP contribution in [0.15, 0.2) is 0 Å². The lowest BCUT2D eigenvalue weighted by atomic mass is 10.1. The summed E-state index contributed by atoms with van der Waals surface area (Å²) < 4.78 is 5.52. The lowest BCUT2D eigenvalue weighted by Gasteiger charge is -2.28. The van der Waals surface area contributed by atoms with Crippen LogP contribution in [0, 0.1) is 0 Å². The molecule has 0 spiro atoms. The van der Waals surface area contributed by atoms with Crippen molar-refractivity contribution >= 4 is 12.0 Å². The van der Waals surface area contributed by atoms with E-state index in [2.05, 4.69) is 5.32 Å². The first-order valence-corrected chi connectivity index (χ1v) is 6.51. The quantitative estimate of drug-likeness (QED) is 0.635. The molecule has 0 aromatic carbocycles. The molecule has 7 heteroatoms. The molecule has 0 radical (unpaired) electrons. The van der Waals surface area contributed by atoms with E-state index < -0.39 is 18.0 Å². The van der Waals surface area contributed by atoms with Gasteiger partial charge in [0.15, 0.2) is 0 Å². The number of hydrogen-bond donors (Lipinski definition) is 3. The average molecular weight is 274 g/mol. The first kappa shape index (κ1) is 15.7. The Bertz CT molecular complexity index is 304. The van der Waals surface area contributed by atoms with Crippen molar-refractivity contribution < 1.29 is 24.5 Å². The number of nitrogens with zero attached hydrogens (tertiary/aromatic N) is 1. The number of carbonyl (C=O) groups excluding carboxylic acids is 1. The summed E-state index contributed by atoms with van der Waals surface area (Å²) in [6.07, 6.45) is 3.06. The number of carboxylic acid groups (broad SMARTS) is 1. The zero-order chi connectivity index (χ0) is 14.3. The van der Waals surface area contributed by atoms with E-state index in [1.807, 2.05) is 0 Å². The Kier molecular flexibility index (Phi) is 6.58. The average Bonchev–Trinajstić information content (AvgIpc) is 2.39. The molecule has 0 aromatic heterocycles. The molecule has 0 saturated carbocycles. The normalized spacial score (nSPS) is 20.6. The van der Waals surface area contributed by atoms with E-state index in [0.717, 1.165) is 19.3 Å². The molecule has 7 nitrogen and oxygen atoms in total. The van der Waals surface area contributed by atoms with Crippen LogP contribution in [0.5, 0.6) is 0 Å². The van der Waals surface area contributed by atoms with E-state index in [1.165, 1.54) is 4.90 Å². The number of aliphatic carboxylic acids is 1. The maximum Gasteiger partial charge on any atom is 0.326 e. The molecule has 1 fully saturated rings. The lowest BCUT2D eigenvalue weighted by molar-refractivity contribution is -0.139. The predicted molar refractivity (Wildman–Crippen MR) is 67.9 cm³/mol. The third-order valence-corrected chi connectivity index (χ3v) is 3.11. The summed E-state index contributed by atoms with van der Waals surface area (Å²) in [7, 11) is 1.60. The second kappa shape index (κ2) is 7.96. The summed E-state index contributed by atoms with van der Waals surface area (Å²) >= 11 is 0. The number of aliphatic hydroxyl groups excluding tert-OH is 1.